The number of piperazine rings is 1. The van der Waals surface area contributed by atoms with Gasteiger partial charge in [0.1, 0.15) is 12.0 Å². The zero-order valence-electron chi connectivity index (χ0n) is 17.2. The van der Waals surface area contributed by atoms with Crippen molar-refractivity contribution in [3.05, 3.63) is 18.0 Å². The number of rotatable bonds is 6. The van der Waals surface area contributed by atoms with Crippen LogP contribution in [-0.2, 0) is 20.5 Å². The number of nitrogens with one attached hydrogen (secondary N) is 1. The second-order valence-electron chi connectivity index (χ2n) is 7.65. The van der Waals surface area contributed by atoms with Gasteiger partial charge in [0.25, 0.3) is 0 Å². The summed E-state index contributed by atoms with van der Waals surface area (Å²) in [4.78, 5) is 6.40. The van der Waals surface area contributed by atoms with Gasteiger partial charge in [-0.25, -0.2) is 8.42 Å². The number of nitrogens with zero attached hydrogens (tertiary/aromatic N) is 4. The first kappa shape index (κ1) is 25.1. The second-order valence-corrected chi connectivity index (χ2v) is 9.62. The maximum absolute atomic E-state index is 12.5. The number of hydrogen-bond acceptors (Lipinski definition) is 6. The Balaban J connectivity index is 0.00000392. The van der Waals surface area contributed by atoms with Crippen LogP contribution in [0.2, 0.25) is 0 Å². The largest absolute Gasteiger partial charge is 0.379 e. The van der Waals surface area contributed by atoms with E-state index in [1.54, 1.807) is 20.2 Å². The molecular weight excluding hydrogens is 497 g/mol. The Morgan fingerprint density at radius 1 is 1.36 bits per heavy atom. The lowest BCUT2D eigenvalue weighted by Crippen LogP contribution is -2.55. The van der Waals surface area contributed by atoms with E-state index in [2.05, 4.69) is 41.1 Å². The Labute approximate surface area is 184 Å². The molecule has 0 saturated carbocycles. The Hall–Kier alpha value is -0.920. The molecule has 1 atom stereocenters. The summed E-state index contributed by atoms with van der Waals surface area (Å²) in [6.45, 7) is 8.99. The first-order valence-corrected chi connectivity index (χ1v) is 10.6. The van der Waals surface area contributed by atoms with E-state index in [1.807, 2.05) is 0 Å². The van der Waals surface area contributed by atoms with Crippen LogP contribution in [0.5, 0.6) is 0 Å². The third kappa shape index (κ3) is 6.85. The van der Waals surface area contributed by atoms with Crippen LogP contribution in [0.4, 0.5) is 0 Å². The van der Waals surface area contributed by atoms with E-state index in [9.17, 15) is 8.42 Å². The summed E-state index contributed by atoms with van der Waals surface area (Å²) >= 11 is 0. The molecule has 1 saturated heterocycles. The van der Waals surface area contributed by atoms with Crippen LogP contribution in [-0.4, -0.2) is 81.7 Å². The minimum atomic E-state index is -3.41. The average molecular weight is 529 g/mol. The summed E-state index contributed by atoms with van der Waals surface area (Å²) < 4.78 is 36.8. The fraction of sp³-hybridized carbons (Fsp3) is 0.765. The quantitative estimate of drug-likeness (QED) is 0.338. The molecule has 9 nitrogen and oxygen atoms in total. The molecule has 2 rings (SSSR count). The van der Waals surface area contributed by atoms with Crippen LogP contribution in [0.25, 0.3) is 0 Å². The van der Waals surface area contributed by atoms with Crippen molar-refractivity contribution >= 4 is 40.0 Å². The van der Waals surface area contributed by atoms with Gasteiger partial charge in [0.2, 0.25) is 10.0 Å². The summed E-state index contributed by atoms with van der Waals surface area (Å²) in [7, 11) is 0.0310. The van der Waals surface area contributed by atoms with Crippen LogP contribution < -0.4 is 5.32 Å². The van der Waals surface area contributed by atoms with E-state index in [-0.39, 0.29) is 41.2 Å². The first-order chi connectivity index (χ1) is 12.7. The van der Waals surface area contributed by atoms with E-state index in [4.69, 9.17) is 9.26 Å². The maximum atomic E-state index is 12.5. The van der Waals surface area contributed by atoms with E-state index < -0.39 is 10.0 Å². The standard InChI is InChI=1S/C17H31N5O4S.HI/c1-17(2,3)15(25-5)12-19-16(18-4)21-7-9-22(10-8-21)27(23,24)13-14-6-11-26-20-14;/h6,11,15H,7-10,12-13H2,1-5H3,(H,18,19);1H. The molecule has 1 unspecified atom stereocenters. The van der Waals surface area contributed by atoms with Crippen molar-refractivity contribution in [1.29, 1.82) is 0 Å². The molecule has 0 amide bonds. The van der Waals surface area contributed by atoms with Crippen LogP contribution in [0, 0.1) is 5.41 Å². The number of sulfonamides is 1. The fourth-order valence-electron chi connectivity index (χ4n) is 3.03. The maximum Gasteiger partial charge on any atom is 0.220 e. The fourth-order valence-corrected chi connectivity index (χ4v) is 4.45. The van der Waals surface area contributed by atoms with Crippen molar-refractivity contribution in [2.45, 2.75) is 32.6 Å². The predicted molar refractivity (Wildman–Crippen MR) is 119 cm³/mol. The Kier molecular flexibility index (Phi) is 9.64. The molecule has 1 fully saturated rings. The molecule has 1 aromatic rings. The minimum Gasteiger partial charge on any atom is -0.379 e. The lowest BCUT2D eigenvalue weighted by atomic mass is 9.89. The highest BCUT2D eigenvalue weighted by atomic mass is 127. The number of halogens is 1. The number of aromatic nitrogens is 1. The summed E-state index contributed by atoms with van der Waals surface area (Å²) in [5, 5.41) is 7.04. The smallest absolute Gasteiger partial charge is 0.220 e. The van der Waals surface area contributed by atoms with Gasteiger partial charge in [-0.3, -0.25) is 4.99 Å². The SMILES string of the molecule is CN=C(NCC(OC)C(C)(C)C)N1CCN(S(=O)(=O)Cc2ccon2)CC1.I. The Morgan fingerprint density at radius 3 is 2.46 bits per heavy atom. The van der Waals surface area contributed by atoms with Crippen molar-refractivity contribution in [2.75, 3.05) is 46.9 Å². The number of methoxy groups -OCH3 is 1. The third-order valence-corrected chi connectivity index (χ3v) is 6.47. The highest BCUT2D eigenvalue weighted by Gasteiger charge is 2.30. The Morgan fingerprint density at radius 2 is 2.00 bits per heavy atom. The topological polar surface area (TPSA) is 100 Å². The van der Waals surface area contributed by atoms with Crippen molar-refractivity contribution in [2.24, 2.45) is 10.4 Å². The van der Waals surface area contributed by atoms with Gasteiger partial charge in [0.15, 0.2) is 5.96 Å². The van der Waals surface area contributed by atoms with E-state index >= 15 is 0 Å². The molecule has 0 bridgehead atoms. The van der Waals surface area contributed by atoms with Gasteiger partial charge in [0.05, 0.1) is 11.8 Å². The highest BCUT2D eigenvalue weighted by molar-refractivity contribution is 14.0. The molecule has 1 aromatic heterocycles. The number of hydrogen-bond donors (Lipinski definition) is 1. The number of guanidine groups is 1. The lowest BCUT2D eigenvalue weighted by molar-refractivity contribution is 0.0200. The normalized spacial score (nSPS) is 17.9. The van der Waals surface area contributed by atoms with Crippen LogP contribution in [0.3, 0.4) is 0 Å². The van der Waals surface area contributed by atoms with Gasteiger partial charge in [-0.1, -0.05) is 25.9 Å². The number of aliphatic imine (C=N–C) groups is 1. The van der Waals surface area contributed by atoms with Crippen molar-refractivity contribution in [3.63, 3.8) is 0 Å². The van der Waals surface area contributed by atoms with Gasteiger partial charge < -0.3 is 19.5 Å². The molecule has 162 valence electrons. The zero-order chi connectivity index (χ0) is 20.1. The minimum absolute atomic E-state index is 0. The summed E-state index contributed by atoms with van der Waals surface area (Å²) in [5.41, 5.74) is 0.428. The lowest BCUT2D eigenvalue weighted by Gasteiger charge is -2.37. The molecule has 28 heavy (non-hydrogen) atoms. The van der Waals surface area contributed by atoms with E-state index in [1.165, 1.54) is 10.6 Å². The van der Waals surface area contributed by atoms with Gasteiger partial charge in [-0.2, -0.15) is 4.31 Å². The average Bonchev–Trinajstić information content (AvgIpc) is 3.10. The molecule has 11 heteroatoms. The molecule has 1 aliphatic rings. The van der Waals surface area contributed by atoms with Crippen LogP contribution in [0.15, 0.2) is 21.8 Å². The van der Waals surface area contributed by atoms with Gasteiger partial charge in [-0.05, 0) is 5.41 Å². The van der Waals surface area contributed by atoms with Crippen LogP contribution in [0.1, 0.15) is 26.5 Å². The van der Waals surface area contributed by atoms with Gasteiger partial charge >= 0.3 is 0 Å². The molecule has 1 N–H and O–H groups in total. The van der Waals surface area contributed by atoms with E-state index in [0.29, 0.717) is 38.4 Å². The Bertz CT molecular complexity index is 710. The van der Waals surface area contributed by atoms with Crippen LogP contribution >= 0.6 is 24.0 Å². The van der Waals surface area contributed by atoms with Gasteiger partial charge in [0, 0.05) is 52.9 Å². The molecule has 0 aromatic carbocycles. The summed E-state index contributed by atoms with van der Waals surface area (Å²) in [5.74, 6) is 0.618. The second kappa shape index (κ2) is 10.7. The summed E-state index contributed by atoms with van der Waals surface area (Å²) in [6.07, 6.45) is 1.42. The third-order valence-electron chi connectivity index (χ3n) is 4.66. The van der Waals surface area contributed by atoms with Gasteiger partial charge in [-0.15, -0.1) is 24.0 Å². The molecule has 1 aliphatic heterocycles. The molecule has 0 radical (unpaired) electrons. The van der Waals surface area contributed by atoms with Crippen molar-refractivity contribution < 1.29 is 17.7 Å². The predicted octanol–water partition coefficient (Wildman–Crippen LogP) is 1.38. The molecule has 2 heterocycles. The highest BCUT2D eigenvalue weighted by Crippen LogP contribution is 2.21. The molecule has 0 aliphatic carbocycles. The molecular formula is C17H32IN5O4S. The van der Waals surface area contributed by atoms with Crippen molar-refractivity contribution in [1.82, 2.24) is 19.7 Å². The molecule has 0 spiro atoms. The zero-order valence-corrected chi connectivity index (χ0v) is 20.4. The van der Waals surface area contributed by atoms with Crippen molar-refractivity contribution in [3.8, 4) is 0 Å². The first-order valence-electron chi connectivity index (χ1n) is 9.03. The summed E-state index contributed by atoms with van der Waals surface area (Å²) in [6, 6.07) is 1.57. The van der Waals surface area contributed by atoms with E-state index in [0.717, 1.165) is 5.96 Å². The number of ether oxygens (including phenoxy) is 1. The monoisotopic (exact) mass is 529 g/mol.